The number of aromatic hydroxyl groups is 1. The maximum absolute atomic E-state index is 12.2. The molecule has 104 valence electrons. The van der Waals surface area contributed by atoms with Crippen LogP contribution < -0.4 is 5.32 Å². The normalized spacial score (nSPS) is 21.9. The molecule has 1 aromatic carbocycles. The lowest BCUT2D eigenvalue weighted by atomic mass is 9.73. The predicted octanol–water partition coefficient (Wildman–Crippen LogP) is 3.85. The summed E-state index contributed by atoms with van der Waals surface area (Å²) in [4.78, 5) is 12.2. The zero-order chi connectivity index (χ0) is 14.0. The molecule has 1 amide bonds. The Hall–Kier alpha value is -1.03. The molecule has 1 fully saturated rings. The van der Waals surface area contributed by atoms with Gasteiger partial charge in [-0.25, -0.2) is 0 Å². The van der Waals surface area contributed by atoms with Gasteiger partial charge in [-0.2, -0.15) is 0 Å². The van der Waals surface area contributed by atoms with Crippen molar-refractivity contribution in [2.75, 3.05) is 0 Å². The molecule has 0 aromatic heterocycles. The third-order valence-corrected chi connectivity index (χ3v) is 4.51. The summed E-state index contributed by atoms with van der Waals surface area (Å²) in [6, 6.07) is 5.13. The number of rotatable bonds is 2. The predicted molar refractivity (Wildman–Crippen MR) is 79.3 cm³/mol. The van der Waals surface area contributed by atoms with E-state index in [1.165, 1.54) is 6.42 Å². The first kappa shape index (κ1) is 14.4. The van der Waals surface area contributed by atoms with E-state index >= 15 is 0 Å². The largest absolute Gasteiger partial charge is 0.507 e. The Morgan fingerprint density at radius 1 is 1.42 bits per heavy atom. The van der Waals surface area contributed by atoms with Crippen LogP contribution in [0.1, 0.15) is 49.9 Å². The number of phenols is 1. The van der Waals surface area contributed by atoms with Crippen molar-refractivity contribution in [1.29, 1.82) is 0 Å². The Balaban J connectivity index is 2.12. The Morgan fingerprint density at radius 3 is 2.79 bits per heavy atom. The van der Waals surface area contributed by atoms with Crippen LogP contribution in [0.15, 0.2) is 22.7 Å². The van der Waals surface area contributed by atoms with Gasteiger partial charge >= 0.3 is 0 Å². The van der Waals surface area contributed by atoms with E-state index in [4.69, 9.17) is 0 Å². The summed E-state index contributed by atoms with van der Waals surface area (Å²) < 4.78 is 0.763. The molecule has 1 saturated carbocycles. The minimum Gasteiger partial charge on any atom is -0.507 e. The second kappa shape index (κ2) is 5.53. The summed E-state index contributed by atoms with van der Waals surface area (Å²) in [5, 5.41) is 12.9. The first-order valence-corrected chi connectivity index (χ1v) is 7.49. The molecule has 1 aliphatic carbocycles. The van der Waals surface area contributed by atoms with E-state index in [0.29, 0.717) is 5.56 Å². The fourth-order valence-corrected chi connectivity index (χ4v) is 3.04. The number of amides is 1. The van der Waals surface area contributed by atoms with Crippen LogP contribution >= 0.6 is 15.9 Å². The van der Waals surface area contributed by atoms with Crippen molar-refractivity contribution in [3.05, 3.63) is 28.2 Å². The van der Waals surface area contributed by atoms with Gasteiger partial charge in [0.1, 0.15) is 5.75 Å². The third kappa shape index (κ3) is 3.30. The zero-order valence-corrected chi connectivity index (χ0v) is 13.0. The van der Waals surface area contributed by atoms with Crippen LogP contribution in [0.3, 0.4) is 0 Å². The first-order valence-electron chi connectivity index (χ1n) is 6.69. The number of nitrogens with one attached hydrogen (secondary N) is 1. The first-order chi connectivity index (χ1) is 8.90. The van der Waals surface area contributed by atoms with E-state index in [0.717, 1.165) is 23.7 Å². The van der Waals surface area contributed by atoms with E-state index in [9.17, 15) is 9.90 Å². The van der Waals surface area contributed by atoms with Gasteiger partial charge in [0.25, 0.3) is 5.91 Å². The average Bonchev–Trinajstić information content (AvgIpc) is 2.31. The quantitative estimate of drug-likeness (QED) is 0.867. The summed E-state index contributed by atoms with van der Waals surface area (Å²) in [5.41, 5.74) is 0.461. The van der Waals surface area contributed by atoms with Crippen molar-refractivity contribution >= 4 is 21.8 Å². The molecule has 19 heavy (non-hydrogen) atoms. The molecule has 1 unspecified atom stereocenters. The molecule has 0 heterocycles. The fourth-order valence-electron chi connectivity index (χ4n) is 2.69. The Bertz CT molecular complexity index is 485. The van der Waals surface area contributed by atoms with Gasteiger partial charge in [0.15, 0.2) is 0 Å². The van der Waals surface area contributed by atoms with Crippen LogP contribution in [0.25, 0.3) is 0 Å². The average molecular weight is 326 g/mol. The van der Waals surface area contributed by atoms with Gasteiger partial charge in [-0.15, -0.1) is 0 Å². The van der Waals surface area contributed by atoms with Crippen LogP contribution in [-0.2, 0) is 0 Å². The molecule has 4 heteroatoms. The Morgan fingerprint density at radius 2 is 2.16 bits per heavy atom. The second-order valence-corrected chi connectivity index (χ2v) is 6.84. The lowest BCUT2D eigenvalue weighted by molar-refractivity contribution is 0.0851. The molecule has 2 N–H and O–H groups in total. The minimum atomic E-state index is -0.190. The summed E-state index contributed by atoms with van der Waals surface area (Å²) >= 11 is 3.27. The number of carbonyl (C=O) groups is 1. The van der Waals surface area contributed by atoms with Crippen LogP contribution in [-0.4, -0.2) is 17.1 Å². The van der Waals surface area contributed by atoms with Gasteiger partial charge in [0.05, 0.1) is 5.56 Å². The van der Waals surface area contributed by atoms with Gasteiger partial charge in [0.2, 0.25) is 0 Å². The Labute approximate surface area is 122 Å². The zero-order valence-electron chi connectivity index (χ0n) is 11.4. The van der Waals surface area contributed by atoms with Crippen molar-refractivity contribution in [3.63, 3.8) is 0 Å². The number of benzene rings is 1. The summed E-state index contributed by atoms with van der Waals surface area (Å²) in [7, 11) is 0. The molecular weight excluding hydrogens is 306 g/mol. The number of carbonyl (C=O) groups excluding carboxylic acids is 1. The summed E-state index contributed by atoms with van der Waals surface area (Å²) in [6.07, 6.45) is 4.52. The van der Waals surface area contributed by atoms with Crippen LogP contribution in [0, 0.1) is 5.41 Å². The maximum Gasteiger partial charge on any atom is 0.255 e. The molecular formula is C15H20BrNO2. The van der Waals surface area contributed by atoms with E-state index in [-0.39, 0.29) is 23.1 Å². The van der Waals surface area contributed by atoms with E-state index in [2.05, 4.69) is 35.1 Å². The number of phenolic OH excluding ortho intramolecular Hbond substituents is 1. The van der Waals surface area contributed by atoms with Gasteiger partial charge in [0, 0.05) is 10.5 Å². The standard InChI is InChI=1S/C15H20BrNO2/c1-15(2)8-4-3-5-13(15)17-14(19)11-7-6-10(16)9-12(11)18/h6-7,9,13,18H,3-5,8H2,1-2H3,(H,17,19). The highest BCUT2D eigenvalue weighted by Gasteiger charge is 2.33. The molecule has 0 saturated heterocycles. The van der Waals surface area contributed by atoms with E-state index in [1.54, 1.807) is 18.2 Å². The maximum atomic E-state index is 12.2. The molecule has 0 radical (unpaired) electrons. The molecule has 2 rings (SSSR count). The van der Waals surface area contributed by atoms with Crippen molar-refractivity contribution in [1.82, 2.24) is 5.32 Å². The van der Waals surface area contributed by atoms with Gasteiger partial charge in [-0.05, 0) is 36.5 Å². The highest BCUT2D eigenvalue weighted by atomic mass is 79.9. The SMILES string of the molecule is CC1(C)CCCCC1NC(=O)c1ccc(Br)cc1O. The van der Waals surface area contributed by atoms with Crippen molar-refractivity contribution in [3.8, 4) is 5.75 Å². The van der Waals surface area contributed by atoms with Crippen LogP contribution in [0.5, 0.6) is 5.75 Å². The minimum absolute atomic E-state index is 0.0143. The monoisotopic (exact) mass is 325 g/mol. The van der Waals surface area contributed by atoms with Crippen molar-refractivity contribution < 1.29 is 9.90 Å². The third-order valence-electron chi connectivity index (χ3n) is 4.02. The highest BCUT2D eigenvalue weighted by Crippen LogP contribution is 2.35. The van der Waals surface area contributed by atoms with Gasteiger partial charge < -0.3 is 10.4 Å². The smallest absolute Gasteiger partial charge is 0.255 e. The molecule has 0 aliphatic heterocycles. The van der Waals surface area contributed by atoms with E-state index in [1.807, 2.05) is 0 Å². The lowest BCUT2D eigenvalue weighted by Crippen LogP contribution is -2.46. The molecule has 1 aromatic rings. The lowest BCUT2D eigenvalue weighted by Gasteiger charge is -2.39. The highest BCUT2D eigenvalue weighted by molar-refractivity contribution is 9.10. The second-order valence-electron chi connectivity index (χ2n) is 5.92. The summed E-state index contributed by atoms with van der Waals surface area (Å²) in [5.74, 6) is -0.175. The fraction of sp³-hybridized carbons (Fsp3) is 0.533. The number of hydrogen-bond acceptors (Lipinski definition) is 2. The number of halogens is 1. The van der Waals surface area contributed by atoms with Gasteiger partial charge in [-0.3, -0.25) is 4.79 Å². The van der Waals surface area contributed by atoms with Crippen LogP contribution in [0.4, 0.5) is 0 Å². The molecule has 1 aliphatic rings. The van der Waals surface area contributed by atoms with Crippen molar-refractivity contribution in [2.24, 2.45) is 5.41 Å². The van der Waals surface area contributed by atoms with Crippen molar-refractivity contribution in [2.45, 2.75) is 45.6 Å². The van der Waals surface area contributed by atoms with Crippen LogP contribution in [0.2, 0.25) is 0 Å². The Kier molecular flexibility index (Phi) is 4.19. The van der Waals surface area contributed by atoms with Gasteiger partial charge in [-0.1, -0.05) is 42.6 Å². The van der Waals surface area contributed by atoms with E-state index < -0.39 is 0 Å². The summed E-state index contributed by atoms with van der Waals surface area (Å²) in [6.45, 7) is 4.39. The molecule has 0 bridgehead atoms. The molecule has 0 spiro atoms. The topological polar surface area (TPSA) is 49.3 Å². The molecule has 3 nitrogen and oxygen atoms in total. The number of hydrogen-bond donors (Lipinski definition) is 2. The molecule has 1 atom stereocenters.